The summed E-state index contributed by atoms with van der Waals surface area (Å²) in [5.74, 6) is 0. The number of rotatable bonds is 16. The molecule has 0 rings (SSSR count). The molecule has 0 aliphatic rings. The minimum absolute atomic E-state index is 1.11. The minimum atomic E-state index is 1.11. The van der Waals surface area contributed by atoms with Gasteiger partial charge < -0.3 is 5.32 Å². The van der Waals surface area contributed by atoms with Crippen molar-refractivity contribution in [3.8, 4) is 0 Å². The Labute approximate surface area is 134 Å². The highest BCUT2D eigenvalue weighted by Crippen LogP contribution is 2.07. The van der Waals surface area contributed by atoms with E-state index in [0.29, 0.717) is 0 Å². The van der Waals surface area contributed by atoms with Gasteiger partial charge in [0.05, 0.1) is 0 Å². The number of hydrogen-bond donors (Lipinski definition) is 1. The van der Waals surface area contributed by atoms with Crippen LogP contribution in [0.5, 0.6) is 0 Å². The van der Waals surface area contributed by atoms with Crippen molar-refractivity contribution in [1.82, 2.24) is 5.32 Å². The molecule has 0 aromatic carbocycles. The Balaban J connectivity index is 3.11. The van der Waals surface area contributed by atoms with Crippen molar-refractivity contribution < 1.29 is 0 Å². The molecule has 124 valence electrons. The molecule has 0 unspecified atom stereocenters. The molecule has 0 bridgehead atoms. The van der Waals surface area contributed by atoms with Gasteiger partial charge in [0.25, 0.3) is 0 Å². The first-order valence-corrected chi connectivity index (χ1v) is 9.42. The third-order valence-electron chi connectivity index (χ3n) is 3.80. The van der Waals surface area contributed by atoms with E-state index >= 15 is 0 Å². The smallest absolute Gasteiger partial charge is 0.00490 e. The van der Waals surface area contributed by atoms with Gasteiger partial charge in [-0.3, -0.25) is 0 Å². The Hall–Kier alpha value is -0.560. The summed E-state index contributed by atoms with van der Waals surface area (Å²) >= 11 is 0. The second-order valence-electron chi connectivity index (χ2n) is 5.94. The number of nitrogens with one attached hydrogen (secondary N) is 1. The molecule has 0 aliphatic heterocycles. The van der Waals surface area contributed by atoms with Crippen molar-refractivity contribution in [3.05, 3.63) is 24.3 Å². The van der Waals surface area contributed by atoms with Crippen LogP contribution in [0.1, 0.15) is 90.9 Å². The molecule has 0 saturated heterocycles. The quantitative estimate of drug-likeness (QED) is 0.256. The van der Waals surface area contributed by atoms with Gasteiger partial charge in [-0.15, -0.1) is 0 Å². The van der Waals surface area contributed by atoms with Crippen LogP contribution in [0.2, 0.25) is 0 Å². The van der Waals surface area contributed by atoms with Crippen LogP contribution in [0, 0.1) is 0 Å². The number of unbranched alkanes of at least 4 members (excludes halogenated alkanes) is 9. The summed E-state index contributed by atoms with van der Waals surface area (Å²) in [6.45, 7) is 6.75. The Morgan fingerprint density at radius 3 is 1.81 bits per heavy atom. The van der Waals surface area contributed by atoms with Crippen molar-refractivity contribution in [2.75, 3.05) is 13.1 Å². The molecule has 21 heavy (non-hydrogen) atoms. The van der Waals surface area contributed by atoms with Crippen molar-refractivity contribution >= 4 is 0 Å². The van der Waals surface area contributed by atoms with E-state index in [1.807, 2.05) is 0 Å². The Kier molecular flexibility index (Phi) is 18.9. The predicted molar refractivity (Wildman–Crippen MR) is 97.9 cm³/mol. The van der Waals surface area contributed by atoms with E-state index in [9.17, 15) is 0 Å². The average molecular weight is 294 g/mol. The first-order chi connectivity index (χ1) is 10.4. The van der Waals surface area contributed by atoms with E-state index in [2.05, 4.69) is 43.5 Å². The van der Waals surface area contributed by atoms with Gasteiger partial charge in [-0.05, 0) is 51.6 Å². The molecule has 0 saturated carbocycles. The van der Waals surface area contributed by atoms with Gasteiger partial charge >= 0.3 is 0 Å². The fourth-order valence-corrected chi connectivity index (χ4v) is 2.41. The third kappa shape index (κ3) is 19.4. The van der Waals surface area contributed by atoms with E-state index in [-0.39, 0.29) is 0 Å². The molecule has 1 N–H and O–H groups in total. The summed E-state index contributed by atoms with van der Waals surface area (Å²) in [6.07, 6.45) is 25.4. The van der Waals surface area contributed by atoms with Crippen LogP contribution in [0.4, 0.5) is 0 Å². The predicted octanol–water partition coefficient (Wildman–Crippen LogP) is 6.41. The maximum absolute atomic E-state index is 3.38. The lowest BCUT2D eigenvalue weighted by Crippen LogP contribution is -2.13. The molecule has 0 aromatic rings. The largest absolute Gasteiger partial charge is 0.317 e. The molecule has 0 radical (unpaired) electrons. The van der Waals surface area contributed by atoms with E-state index in [0.717, 1.165) is 13.0 Å². The summed E-state index contributed by atoms with van der Waals surface area (Å²) in [5.41, 5.74) is 0. The second kappa shape index (κ2) is 19.4. The molecule has 0 heterocycles. The minimum Gasteiger partial charge on any atom is -0.317 e. The van der Waals surface area contributed by atoms with Crippen molar-refractivity contribution in [1.29, 1.82) is 0 Å². The molecular formula is C20H39N. The fraction of sp³-hybridized carbons (Fsp3) is 0.800. The first-order valence-electron chi connectivity index (χ1n) is 9.42. The van der Waals surface area contributed by atoms with E-state index in [1.54, 1.807) is 0 Å². The average Bonchev–Trinajstić information content (AvgIpc) is 2.50. The summed E-state index contributed by atoms with van der Waals surface area (Å²) in [5, 5.41) is 3.38. The van der Waals surface area contributed by atoms with Gasteiger partial charge in [-0.25, -0.2) is 0 Å². The third-order valence-corrected chi connectivity index (χ3v) is 3.80. The molecule has 0 atom stereocenters. The highest BCUT2D eigenvalue weighted by atomic mass is 14.8. The Morgan fingerprint density at radius 2 is 1.19 bits per heavy atom. The highest BCUT2D eigenvalue weighted by Gasteiger charge is 1.90. The van der Waals surface area contributed by atoms with Gasteiger partial charge in [0.1, 0.15) is 0 Å². The van der Waals surface area contributed by atoms with E-state index in [4.69, 9.17) is 0 Å². The van der Waals surface area contributed by atoms with Gasteiger partial charge in [-0.2, -0.15) is 0 Å². The van der Waals surface area contributed by atoms with Crippen LogP contribution in [0.3, 0.4) is 0 Å². The molecule has 0 amide bonds. The van der Waals surface area contributed by atoms with Crippen molar-refractivity contribution in [2.45, 2.75) is 90.9 Å². The Morgan fingerprint density at radius 1 is 0.619 bits per heavy atom. The molecular weight excluding hydrogens is 254 g/mol. The van der Waals surface area contributed by atoms with E-state index < -0.39 is 0 Å². The second-order valence-corrected chi connectivity index (χ2v) is 5.94. The topological polar surface area (TPSA) is 12.0 Å². The van der Waals surface area contributed by atoms with Gasteiger partial charge in [0, 0.05) is 0 Å². The lowest BCUT2D eigenvalue weighted by atomic mass is 10.1. The van der Waals surface area contributed by atoms with Crippen molar-refractivity contribution in [3.63, 3.8) is 0 Å². The lowest BCUT2D eigenvalue weighted by molar-refractivity contribution is 0.573. The van der Waals surface area contributed by atoms with Crippen LogP contribution in [0.25, 0.3) is 0 Å². The summed E-state index contributed by atoms with van der Waals surface area (Å²) < 4.78 is 0. The molecule has 0 aromatic heterocycles. The number of hydrogen-bond acceptors (Lipinski definition) is 1. The standard InChI is InChI=1S/C20H39N/c1-3-5-6-7-8-9-10-11-12-13-14-15-16-17-18-19-20-21-4-2/h8-9,11-12,21H,3-7,10,13-20H2,1-2H3/b9-8-,12-11-. The molecule has 1 heteroatoms. The number of allylic oxidation sites excluding steroid dienone is 4. The molecule has 0 spiro atoms. The Bertz CT molecular complexity index is 230. The zero-order chi connectivity index (χ0) is 15.4. The van der Waals surface area contributed by atoms with Crippen LogP contribution in [-0.4, -0.2) is 13.1 Å². The maximum atomic E-state index is 3.38. The van der Waals surface area contributed by atoms with Crippen LogP contribution in [0.15, 0.2) is 24.3 Å². The highest BCUT2D eigenvalue weighted by molar-refractivity contribution is 4.92. The van der Waals surface area contributed by atoms with Gasteiger partial charge in [0.15, 0.2) is 0 Å². The van der Waals surface area contributed by atoms with Gasteiger partial charge in [-0.1, -0.05) is 76.7 Å². The van der Waals surface area contributed by atoms with Crippen LogP contribution in [-0.2, 0) is 0 Å². The summed E-state index contributed by atoms with van der Waals surface area (Å²) in [7, 11) is 0. The summed E-state index contributed by atoms with van der Waals surface area (Å²) in [4.78, 5) is 0. The molecule has 1 nitrogen and oxygen atoms in total. The molecule has 0 aliphatic carbocycles. The van der Waals surface area contributed by atoms with E-state index in [1.165, 1.54) is 77.2 Å². The first kappa shape index (κ1) is 20.4. The lowest BCUT2D eigenvalue weighted by Gasteiger charge is -2.01. The zero-order valence-electron chi connectivity index (χ0n) is 14.7. The maximum Gasteiger partial charge on any atom is -0.00490 e. The monoisotopic (exact) mass is 293 g/mol. The summed E-state index contributed by atoms with van der Waals surface area (Å²) in [6, 6.07) is 0. The van der Waals surface area contributed by atoms with Crippen LogP contribution >= 0.6 is 0 Å². The van der Waals surface area contributed by atoms with Gasteiger partial charge in [0.2, 0.25) is 0 Å². The fourth-order valence-electron chi connectivity index (χ4n) is 2.41. The SMILES string of the molecule is CCCCC/C=C\C/C=C\CCCCCCCCNCC. The molecule has 0 fully saturated rings. The normalized spacial score (nSPS) is 11.9. The van der Waals surface area contributed by atoms with Crippen molar-refractivity contribution in [2.24, 2.45) is 0 Å². The zero-order valence-corrected chi connectivity index (χ0v) is 14.7. The van der Waals surface area contributed by atoms with Crippen LogP contribution < -0.4 is 5.32 Å².